The van der Waals surface area contributed by atoms with Crippen LogP contribution in [0.2, 0.25) is 5.02 Å². The van der Waals surface area contributed by atoms with Crippen LogP contribution in [0.1, 0.15) is 17.3 Å². The van der Waals surface area contributed by atoms with Crippen LogP contribution >= 0.6 is 11.6 Å². The van der Waals surface area contributed by atoms with E-state index in [1.807, 2.05) is 0 Å². The van der Waals surface area contributed by atoms with Gasteiger partial charge in [-0.15, -0.1) is 0 Å². The summed E-state index contributed by atoms with van der Waals surface area (Å²) < 4.78 is 14.0. The van der Waals surface area contributed by atoms with E-state index in [-0.39, 0.29) is 10.6 Å². The lowest BCUT2D eigenvalue weighted by Gasteiger charge is -2.23. The van der Waals surface area contributed by atoms with E-state index in [9.17, 15) is 9.18 Å². The molecule has 20 heavy (non-hydrogen) atoms. The van der Waals surface area contributed by atoms with Crippen molar-refractivity contribution in [3.05, 3.63) is 58.9 Å². The summed E-state index contributed by atoms with van der Waals surface area (Å²) in [6.07, 6.45) is 0. The zero-order valence-electron chi connectivity index (χ0n) is 10.9. The van der Waals surface area contributed by atoms with Crippen molar-refractivity contribution in [3.8, 4) is 0 Å². The van der Waals surface area contributed by atoms with Crippen molar-refractivity contribution in [3.63, 3.8) is 0 Å². The monoisotopic (exact) mass is 292 g/mol. The Morgan fingerprint density at radius 3 is 2.60 bits per heavy atom. The highest BCUT2D eigenvalue weighted by Gasteiger charge is 2.21. The summed E-state index contributed by atoms with van der Waals surface area (Å²) in [6, 6.07) is 11.3. The number of para-hydroxylation sites is 2. The molecule has 0 heterocycles. The molecule has 0 spiro atoms. The van der Waals surface area contributed by atoms with Crippen LogP contribution in [-0.4, -0.2) is 12.5 Å². The van der Waals surface area contributed by atoms with E-state index in [0.717, 1.165) is 0 Å². The number of halogens is 2. The Bertz CT molecular complexity index is 646. The molecule has 0 aliphatic rings. The fraction of sp³-hybridized carbons (Fsp3) is 0.133. The van der Waals surface area contributed by atoms with Crippen molar-refractivity contribution in [1.29, 1.82) is 0 Å². The summed E-state index contributed by atoms with van der Waals surface area (Å²) in [4.78, 5) is 13.9. The highest BCUT2D eigenvalue weighted by molar-refractivity contribution is 6.31. The number of nitrogens with two attached hydrogens (primary N) is 1. The van der Waals surface area contributed by atoms with Gasteiger partial charge in [0.1, 0.15) is 0 Å². The average molecular weight is 293 g/mol. The van der Waals surface area contributed by atoms with Crippen molar-refractivity contribution in [1.82, 2.24) is 0 Å². The number of hydrogen-bond donors (Lipinski definition) is 1. The molecule has 0 fully saturated rings. The van der Waals surface area contributed by atoms with Gasteiger partial charge in [0.25, 0.3) is 5.91 Å². The summed E-state index contributed by atoms with van der Waals surface area (Å²) in [6.45, 7) is 2.17. The number of rotatable bonds is 3. The van der Waals surface area contributed by atoms with E-state index in [4.69, 9.17) is 17.3 Å². The zero-order valence-corrected chi connectivity index (χ0v) is 11.7. The molecular formula is C15H14ClFN2O. The minimum absolute atomic E-state index is 0.0670. The molecule has 5 heteroatoms. The van der Waals surface area contributed by atoms with Gasteiger partial charge in [-0.25, -0.2) is 4.39 Å². The fourth-order valence-corrected chi connectivity index (χ4v) is 2.15. The van der Waals surface area contributed by atoms with Gasteiger partial charge in [-0.1, -0.05) is 29.8 Å². The van der Waals surface area contributed by atoms with Crippen LogP contribution in [-0.2, 0) is 0 Å². The van der Waals surface area contributed by atoms with Gasteiger partial charge in [-0.2, -0.15) is 0 Å². The Hall–Kier alpha value is -2.07. The Kier molecular flexibility index (Phi) is 4.25. The second-order valence-electron chi connectivity index (χ2n) is 4.21. The van der Waals surface area contributed by atoms with Crippen LogP contribution < -0.4 is 10.6 Å². The third-order valence-electron chi connectivity index (χ3n) is 2.97. The van der Waals surface area contributed by atoms with E-state index >= 15 is 0 Å². The zero-order chi connectivity index (χ0) is 14.7. The quantitative estimate of drug-likeness (QED) is 0.876. The largest absolute Gasteiger partial charge is 0.397 e. The summed E-state index contributed by atoms with van der Waals surface area (Å²) in [5, 5.41) is -0.0760. The van der Waals surface area contributed by atoms with Gasteiger partial charge in [-0.05, 0) is 31.2 Å². The number of carbonyl (C=O) groups excluding carboxylic acids is 1. The first-order chi connectivity index (χ1) is 9.56. The maximum Gasteiger partial charge on any atom is 0.261 e. The molecule has 0 aliphatic carbocycles. The molecule has 3 nitrogen and oxygen atoms in total. The lowest BCUT2D eigenvalue weighted by Crippen LogP contribution is -2.32. The van der Waals surface area contributed by atoms with Crippen LogP contribution in [0.15, 0.2) is 42.5 Å². The lowest BCUT2D eigenvalue weighted by molar-refractivity contribution is 0.0984. The Labute approximate surface area is 121 Å². The van der Waals surface area contributed by atoms with E-state index in [1.165, 1.54) is 17.0 Å². The maximum absolute atomic E-state index is 14.0. The third kappa shape index (κ3) is 2.60. The topological polar surface area (TPSA) is 46.3 Å². The van der Waals surface area contributed by atoms with Crippen molar-refractivity contribution in [2.24, 2.45) is 0 Å². The normalized spacial score (nSPS) is 10.3. The fourth-order valence-electron chi connectivity index (χ4n) is 1.97. The predicted molar refractivity (Wildman–Crippen MR) is 79.6 cm³/mol. The first kappa shape index (κ1) is 14.3. The molecule has 0 aliphatic heterocycles. The van der Waals surface area contributed by atoms with Crippen LogP contribution in [0, 0.1) is 5.82 Å². The first-order valence-electron chi connectivity index (χ1n) is 6.16. The number of carbonyl (C=O) groups is 1. The summed E-state index contributed by atoms with van der Waals surface area (Å²) >= 11 is 5.71. The minimum Gasteiger partial charge on any atom is -0.397 e. The van der Waals surface area contributed by atoms with Crippen LogP contribution in [0.5, 0.6) is 0 Å². The third-order valence-corrected chi connectivity index (χ3v) is 3.26. The second-order valence-corrected chi connectivity index (χ2v) is 4.62. The van der Waals surface area contributed by atoms with Crippen molar-refractivity contribution in [2.45, 2.75) is 6.92 Å². The van der Waals surface area contributed by atoms with E-state index in [1.54, 1.807) is 37.3 Å². The number of hydrogen-bond acceptors (Lipinski definition) is 2. The molecule has 2 rings (SSSR count). The van der Waals surface area contributed by atoms with Crippen LogP contribution in [0.25, 0.3) is 0 Å². The molecule has 0 atom stereocenters. The van der Waals surface area contributed by atoms with Crippen LogP contribution in [0.3, 0.4) is 0 Å². The maximum atomic E-state index is 14.0. The Morgan fingerprint density at radius 1 is 1.25 bits per heavy atom. The van der Waals surface area contributed by atoms with Gasteiger partial charge in [0.2, 0.25) is 0 Å². The molecule has 0 saturated carbocycles. The SMILES string of the molecule is CCN(C(=O)c1cccc(Cl)c1F)c1ccccc1N. The lowest BCUT2D eigenvalue weighted by atomic mass is 10.1. The number of nitrogens with zero attached hydrogens (tertiary/aromatic N) is 1. The number of nitrogen functional groups attached to an aromatic ring is 1. The average Bonchev–Trinajstić information content (AvgIpc) is 2.44. The molecule has 0 saturated heterocycles. The van der Waals surface area contributed by atoms with Crippen LogP contribution in [0.4, 0.5) is 15.8 Å². The van der Waals surface area contributed by atoms with E-state index in [2.05, 4.69) is 0 Å². The molecule has 2 N–H and O–H groups in total. The minimum atomic E-state index is -0.716. The number of benzene rings is 2. The van der Waals surface area contributed by atoms with E-state index in [0.29, 0.717) is 17.9 Å². The first-order valence-corrected chi connectivity index (χ1v) is 6.54. The molecule has 0 radical (unpaired) electrons. The smallest absolute Gasteiger partial charge is 0.261 e. The molecule has 1 amide bonds. The van der Waals surface area contributed by atoms with Gasteiger partial charge in [0.05, 0.1) is 22.0 Å². The molecule has 2 aromatic carbocycles. The second kappa shape index (κ2) is 5.92. The number of anilines is 2. The van der Waals surface area contributed by atoms with Gasteiger partial charge in [0, 0.05) is 6.54 Å². The van der Waals surface area contributed by atoms with E-state index < -0.39 is 11.7 Å². The number of amides is 1. The summed E-state index contributed by atoms with van der Waals surface area (Å²) in [7, 11) is 0. The molecule has 104 valence electrons. The highest BCUT2D eigenvalue weighted by atomic mass is 35.5. The molecule has 0 unspecified atom stereocenters. The molecule has 2 aromatic rings. The van der Waals surface area contributed by atoms with Gasteiger partial charge < -0.3 is 10.6 Å². The van der Waals surface area contributed by atoms with Gasteiger partial charge >= 0.3 is 0 Å². The van der Waals surface area contributed by atoms with Crippen molar-refractivity contribution in [2.75, 3.05) is 17.2 Å². The van der Waals surface area contributed by atoms with Gasteiger partial charge in [-0.3, -0.25) is 4.79 Å². The Balaban J connectivity index is 2.45. The standard InChI is InChI=1S/C15H14ClFN2O/c1-2-19(13-9-4-3-8-12(13)18)15(20)10-6-5-7-11(16)14(10)17/h3-9H,2,18H2,1H3. The Morgan fingerprint density at radius 2 is 1.95 bits per heavy atom. The predicted octanol–water partition coefficient (Wildman–Crippen LogP) is 3.73. The summed E-state index contributed by atoms with van der Waals surface area (Å²) in [5.74, 6) is -1.18. The van der Waals surface area contributed by atoms with Crippen molar-refractivity contribution >= 4 is 28.9 Å². The summed E-state index contributed by atoms with van der Waals surface area (Å²) in [5.41, 5.74) is 6.82. The molecular weight excluding hydrogens is 279 g/mol. The molecule has 0 bridgehead atoms. The highest BCUT2D eigenvalue weighted by Crippen LogP contribution is 2.26. The molecule has 0 aromatic heterocycles. The van der Waals surface area contributed by atoms with Crippen molar-refractivity contribution < 1.29 is 9.18 Å². The van der Waals surface area contributed by atoms with Gasteiger partial charge in [0.15, 0.2) is 5.82 Å².